The first-order valence-electron chi connectivity index (χ1n) is 10.4. The van der Waals surface area contributed by atoms with Gasteiger partial charge in [0.05, 0.1) is 21.1 Å². The fourth-order valence-corrected chi connectivity index (χ4v) is 5.61. The second-order valence-electron chi connectivity index (χ2n) is 7.82. The van der Waals surface area contributed by atoms with Crippen LogP contribution in [-0.4, -0.2) is 42.0 Å². The zero-order chi connectivity index (χ0) is 19.6. The van der Waals surface area contributed by atoms with Gasteiger partial charge in [0.25, 0.3) is 0 Å². The van der Waals surface area contributed by atoms with Gasteiger partial charge in [-0.3, -0.25) is 4.79 Å². The molecule has 1 aliphatic heterocycles. The molecule has 4 nitrogen and oxygen atoms in total. The van der Waals surface area contributed by atoms with Gasteiger partial charge in [0, 0.05) is 37.8 Å². The number of piperazine rings is 1. The lowest BCUT2D eigenvalue weighted by molar-refractivity contribution is -0.136. The number of aromatic nitrogens is 1. The first-order chi connectivity index (χ1) is 14.3. The van der Waals surface area contributed by atoms with Crippen LogP contribution in [0.2, 0.25) is 0 Å². The van der Waals surface area contributed by atoms with E-state index in [-0.39, 0.29) is 11.8 Å². The third kappa shape index (κ3) is 3.67. The number of benzene rings is 2. The summed E-state index contributed by atoms with van der Waals surface area (Å²) in [7, 11) is 0. The van der Waals surface area contributed by atoms with Crippen molar-refractivity contribution < 1.29 is 4.79 Å². The molecular formula is C24H25N3OS. The Hall–Kier alpha value is -2.66. The molecule has 2 aromatic carbocycles. The van der Waals surface area contributed by atoms with E-state index in [0.717, 1.165) is 49.5 Å². The fourth-order valence-electron chi connectivity index (χ4n) is 4.47. The van der Waals surface area contributed by atoms with E-state index >= 15 is 0 Å². The molecule has 0 N–H and O–H groups in total. The molecule has 1 aromatic heterocycles. The highest BCUT2D eigenvalue weighted by Gasteiger charge is 2.35. The summed E-state index contributed by atoms with van der Waals surface area (Å²) in [5.74, 6) is 0.493. The lowest BCUT2D eigenvalue weighted by Crippen LogP contribution is -2.51. The summed E-state index contributed by atoms with van der Waals surface area (Å²) in [5, 5.41) is 1.11. The maximum absolute atomic E-state index is 13.4. The van der Waals surface area contributed by atoms with E-state index in [4.69, 9.17) is 4.98 Å². The van der Waals surface area contributed by atoms with Gasteiger partial charge in [-0.2, -0.15) is 0 Å². The van der Waals surface area contributed by atoms with Crippen LogP contribution in [0.4, 0.5) is 5.69 Å². The van der Waals surface area contributed by atoms with Gasteiger partial charge in [-0.15, -0.1) is 11.3 Å². The topological polar surface area (TPSA) is 36.4 Å². The summed E-state index contributed by atoms with van der Waals surface area (Å²) in [4.78, 5) is 22.8. The minimum Gasteiger partial charge on any atom is -0.368 e. The maximum Gasteiger partial charge on any atom is 0.226 e. The molecule has 2 aliphatic rings. The smallest absolute Gasteiger partial charge is 0.226 e. The molecule has 2 heterocycles. The van der Waals surface area contributed by atoms with Gasteiger partial charge in [0.1, 0.15) is 0 Å². The molecular weight excluding hydrogens is 378 g/mol. The summed E-state index contributed by atoms with van der Waals surface area (Å²) in [6, 6.07) is 18.7. The van der Waals surface area contributed by atoms with Crippen LogP contribution in [-0.2, 0) is 4.79 Å². The van der Waals surface area contributed by atoms with Crippen LogP contribution >= 0.6 is 11.3 Å². The SMILES string of the molecule is O=C(C1CC=CCC1c1nc2ccccc2s1)N1CCN(c2ccccc2)CC1. The van der Waals surface area contributed by atoms with E-state index in [9.17, 15) is 4.79 Å². The number of allylic oxidation sites excluding steroid dienone is 2. The number of hydrogen-bond acceptors (Lipinski definition) is 4. The van der Waals surface area contributed by atoms with Crippen molar-refractivity contribution in [2.75, 3.05) is 31.1 Å². The zero-order valence-electron chi connectivity index (χ0n) is 16.4. The highest BCUT2D eigenvalue weighted by Crippen LogP contribution is 2.39. The van der Waals surface area contributed by atoms with Gasteiger partial charge in [-0.1, -0.05) is 42.5 Å². The molecule has 2 unspecified atom stereocenters. The number of carbonyl (C=O) groups is 1. The van der Waals surface area contributed by atoms with E-state index < -0.39 is 0 Å². The molecule has 0 bridgehead atoms. The average molecular weight is 404 g/mol. The Labute approximate surface area is 175 Å². The van der Waals surface area contributed by atoms with Gasteiger partial charge >= 0.3 is 0 Å². The van der Waals surface area contributed by atoms with E-state index in [2.05, 4.69) is 64.4 Å². The number of thiazole rings is 1. The van der Waals surface area contributed by atoms with Crippen molar-refractivity contribution in [3.63, 3.8) is 0 Å². The molecule has 29 heavy (non-hydrogen) atoms. The summed E-state index contributed by atoms with van der Waals surface area (Å²) < 4.78 is 1.21. The second kappa shape index (κ2) is 7.99. The lowest BCUT2D eigenvalue weighted by atomic mass is 9.82. The average Bonchev–Trinajstić information content (AvgIpc) is 3.23. The molecule has 0 saturated carbocycles. The quantitative estimate of drug-likeness (QED) is 0.595. The van der Waals surface area contributed by atoms with Gasteiger partial charge in [0.15, 0.2) is 0 Å². The number of rotatable bonds is 3. The van der Waals surface area contributed by atoms with Crippen molar-refractivity contribution in [3.8, 4) is 0 Å². The molecule has 0 radical (unpaired) electrons. The van der Waals surface area contributed by atoms with Gasteiger partial charge in [0.2, 0.25) is 5.91 Å². The number of nitrogens with zero attached hydrogens (tertiary/aromatic N) is 3. The normalized spacial score (nSPS) is 22.2. The van der Waals surface area contributed by atoms with Crippen LogP contribution in [0.25, 0.3) is 10.2 Å². The summed E-state index contributed by atoms with van der Waals surface area (Å²) in [6.45, 7) is 3.37. The largest absolute Gasteiger partial charge is 0.368 e. The van der Waals surface area contributed by atoms with Crippen LogP contribution in [0.3, 0.4) is 0 Å². The van der Waals surface area contributed by atoms with E-state index in [0.29, 0.717) is 5.91 Å². The van der Waals surface area contributed by atoms with Crippen LogP contribution in [0.15, 0.2) is 66.7 Å². The van der Waals surface area contributed by atoms with Crippen LogP contribution < -0.4 is 4.90 Å². The number of fused-ring (bicyclic) bond motifs is 1. The summed E-state index contributed by atoms with van der Waals surface area (Å²) in [6.07, 6.45) is 6.11. The predicted octanol–water partition coefficient (Wildman–Crippen LogP) is 4.69. The maximum atomic E-state index is 13.4. The number of para-hydroxylation sites is 2. The Balaban J connectivity index is 1.31. The first-order valence-corrected chi connectivity index (χ1v) is 11.2. The summed E-state index contributed by atoms with van der Waals surface area (Å²) in [5.41, 5.74) is 2.29. The van der Waals surface area contributed by atoms with Crippen molar-refractivity contribution in [3.05, 3.63) is 71.8 Å². The van der Waals surface area contributed by atoms with Crippen molar-refractivity contribution in [1.82, 2.24) is 9.88 Å². The fraction of sp³-hybridized carbons (Fsp3) is 0.333. The van der Waals surface area contributed by atoms with E-state index in [1.165, 1.54) is 10.4 Å². The summed E-state index contributed by atoms with van der Waals surface area (Å²) >= 11 is 1.75. The van der Waals surface area contributed by atoms with E-state index in [1.54, 1.807) is 11.3 Å². The van der Waals surface area contributed by atoms with E-state index in [1.807, 2.05) is 12.1 Å². The third-order valence-electron chi connectivity index (χ3n) is 6.09. The van der Waals surface area contributed by atoms with Crippen molar-refractivity contribution >= 4 is 33.1 Å². The molecule has 5 rings (SSSR count). The minimum absolute atomic E-state index is 0.00355. The van der Waals surface area contributed by atoms with Gasteiger partial charge < -0.3 is 9.80 Å². The Kier molecular flexibility index (Phi) is 5.06. The minimum atomic E-state index is 0.00355. The van der Waals surface area contributed by atoms with Crippen LogP contribution in [0, 0.1) is 5.92 Å². The molecule has 5 heteroatoms. The highest BCUT2D eigenvalue weighted by molar-refractivity contribution is 7.18. The van der Waals surface area contributed by atoms with Gasteiger partial charge in [-0.05, 0) is 37.1 Å². The first kappa shape index (κ1) is 18.4. The van der Waals surface area contributed by atoms with Crippen molar-refractivity contribution in [2.45, 2.75) is 18.8 Å². The molecule has 3 aromatic rings. The zero-order valence-corrected chi connectivity index (χ0v) is 17.2. The monoisotopic (exact) mass is 403 g/mol. The standard InChI is InChI=1S/C24H25N3OS/c28-24(27-16-14-26(15-17-27)18-8-2-1-3-9-18)20-11-5-4-10-19(20)23-25-21-12-6-7-13-22(21)29-23/h1-9,12-13,19-20H,10-11,14-17H2. The lowest BCUT2D eigenvalue weighted by Gasteiger charge is -2.39. The molecule has 1 fully saturated rings. The molecule has 1 saturated heterocycles. The predicted molar refractivity (Wildman–Crippen MR) is 119 cm³/mol. The Morgan fingerprint density at radius 1 is 0.897 bits per heavy atom. The van der Waals surface area contributed by atoms with Gasteiger partial charge in [-0.25, -0.2) is 4.98 Å². The number of anilines is 1. The Bertz CT molecular complexity index is 988. The molecule has 1 amide bonds. The number of carbonyl (C=O) groups excluding carboxylic acids is 1. The number of amides is 1. The molecule has 148 valence electrons. The molecule has 1 aliphatic carbocycles. The molecule has 2 atom stereocenters. The Morgan fingerprint density at radius 3 is 2.41 bits per heavy atom. The van der Waals surface area contributed by atoms with Crippen LogP contribution in [0.5, 0.6) is 0 Å². The third-order valence-corrected chi connectivity index (χ3v) is 7.26. The number of hydrogen-bond donors (Lipinski definition) is 0. The van der Waals surface area contributed by atoms with Crippen molar-refractivity contribution in [1.29, 1.82) is 0 Å². The van der Waals surface area contributed by atoms with Crippen LogP contribution in [0.1, 0.15) is 23.8 Å². The molecule has 0 spiro atoms. The highest BCUT2D eigenvalue weighted by atomic mass is 32.1. The van der Waals surface area contributed by atoms with Crippen molar-refractivity contribution in [2.24, 2.45) is 5.92 Å². The Morgan fingerprint density at radius 2 is 1.62 bits per heavy atom. The second-order valence-corrected chi connectivity index (χ2v) is 8.89.